The zero-order valence-electron chi connectivity index (χ0n) is 25.6. The number of ether oxygens (including phenoxy) is 2. The van der Waals surface area contributed by atoms with Gasteiger partial charge in [0.25, 0.3) is 0 Å². The highest BCUT2D eigenvalue weighted by Crippen LogP contribution is 2.39. The first-order valence-electron chi connectivity index (χ1n) is 16.2. The normalized spacial score (nSPS) is 24.4. The van der Waals surface area contributed by atoms with Crippen molar-refractivity contribution in [3.05, 3.63) is 107 Å². The minimum absolute atomic E-state index is 0.0312. The minimum Gasteiger partial charge on any atom is -0.392 e. The second-order valence-corrected chi connectivity index (χ2v) is 12.4. The van der Waals surface area contributed by atoms with Crippen LogP contribution in [0, 0.1) is 0 Å². The van der Waals surface area contributed by atoms with Gasteiger partial charge in [0.1, 0.15) is 0 Å². The molecule has 44 heavy (non-hydrogen) atoms. The Bertz CT molecular complexity index is 1310. The Labute approximate surface area is 261 Å². The molecule has 3 fully saturated rings. The molecule has 0 saturated carbocycles. The molecule has 3 saturated heterocycles. The molecule has 0 aromatic heterocycles. The SMILES string of the molecule is O=C(NCc1ccccc1)NCc1ccc([C@H]2O[C@@H](CN3CCC[C@H]3CN3CCCC3)C[C@@H](c3ccc(CO)cc3)O2)cc1. The molecule has 0 aliphatic carbocycles. The molecule has 3 N–H and O–H groups in total. The van der Waals surface area contributed by atoms with E-state index in [1.54, 1.807) is 0 Å². The summed E-state index contributed by atoms with van der Waals surface area (Å²) in [6.45, 7) is 6.62. The summed E-state index contributed by atoms with van der Waals surface area (Å²) in [5.41, 5.74) is 5.05. The Balaban J connectivity index is 1.09. The molecule has 3 heterocycles. The maximum Gasteiger partial charge on any atom is 0.315 e. The van der Waals surface area contributed by atoms with Gasteiger partial charge in [-0.3, -0.25) is 4.90 Å². The fourth-order valence-electron chi connectivity index (χ4n) is 6.72. The molecule has 2 amide bonds. The van der Waals surface area contributed by atoms with Gasteiger partial charge < -0.3 is 30.1 Å². The highest BCUT2D eigenvalue weighted by atomic mass is 16.7. The van der Waals surface area contributed by atoms with E-state index in [0.29, 0.717) is 19.1 Å². The number of aliphatic hydroxyl groups is 1. The molecular weight excluding hydrogens is 552 g/mol. The number of nitrogens with zero attached hydrogens (tertiary/aromatic N) is 2. The molecule has 4 atom stereocenters. The van der Waals surface area contributed by atoms with E-state index in [1.165, 1.54) is 45.3 Å². The Kier molecular flexibility index (Phi) is 10.6. The number of carbonyl (C=O) groups excluding carboxylic acids is 1. The van der Waals surface area contributed by atoms with Crippen molar-refractivity contribution < 1.29 is 19.4 Å². The van der Waals surface area contributed by atoms with Crippen LogP contribution < -0.4 is 10.6 Å². The van der Waals surface area contributed by atoms with Gasteiger partial charge in [0, 0.05) is 44.2 Å². The van der Waals surface area contributed by atoms with Crippen molar-refractivity contribution in [1.29, 1.82) is 0 Å². The third-order valence-corrected chi connectivity index (χ3v) is 9.22. The van der Waals surface area contributed by atoms with Crippen molar-refractivity contribution in [1.82, 2.24) is 20.4 Å². The average molecular weight is 599 g/mol. The Morgan fingerprint density at radius 1 is 0.750 bits per heavy atom. The van der Waals surface area contributed by atoms with Crippen LogP contribution in [0.3, 0.4) is 0 Å². The van der Waals surface area contributed by atoms with Crippen molar-refractivity contribution in [2.45, 2.75) is 76.3 Å². The fourth-order valence-corrected chi connectivity index (χ4v) is 6.72. The van der Waals surface area contributed by atoms with Crippen LogP contribution in [0.5, 0.6) is 0 Å². The third kappa shape index (κ3) is 8.25. The summed E-state index contributed by atoms with van der Waals surface area (Å²) in [4.78, 5) is 17.6. The number of carbonyl (C=O) groups is 1. The lowest BCUT2D eigenvalue weighted by Gasteiger charge is -2.39. The van der Waals surface area contributed by atoms with Crippen molar-refractivity contribution in [3.63, 3.8) is 0 Å². The molecule has 8 heteroatoms. The van der Waals surface area contributed by atoms with Crippen LogP contribution in [0.2, 0.25) is 0 Å². The molecule has 0 unspecified atom stereocenters. The summed E-state index contributed by atoms with van der Waals surface area (Å²) in [6.07, 6.45) is 5.42. The number of likely N-dealkylation sites (tertiary alicyclic amines) is 2. The predicted octanol–water partition coefficient (Wildman–Crippen LogP) is 5.28. The highest BCUT2D eigenvalue weighted by molar-refractivity contribution is 5.73. The van der Waals surface area contributed by atoms with E-state index in [4.69, 9.17) is 9.47 Å². The van der Waals surface area contributed by atoms with Gasteiger partial charge in [0.2, 0.25) is 0 Å². The first-order valence-corrected chi connectivity index (χ1v) is 16.2. The first-order chi connectivity index (χ1) is 21.6. The zero-order valence-corrected chi connectivity index (χ0v) is 25.6. The highest BCUT2D eigenvalue weighted by Gasteiger charge is 2.36. The third-order valence-electron chi connectivity index (χ3n) is 9.22. The Hall–Kier alpha value is -3.27. The first kappa shape index (κ1) is 30.7. The van der Waals surface area contributed by atoms with Crippen molar-refractivity contribution in [2.24, 2.45) is 0 Å². The summed E-state index contributed by atoms with van der Waals surface area (Å²) < 4.78 is 13.2. The lowest BCUT2D eigenvalue weighted by molar-refractivity contribution is -0.253. The number of hydrogen-bond acceptors (Lipinski definition) is 6. The van der Waals surface area contributed by atoms with Gasteiger partial charge >= 0.3 is 6.03 Å². The maximum atomic E-state index is 12.3. The molecule has 3 aromatic rings. The number of amides is 2. The Morgan fingerprint density at radius 3 is 2.11 bits per heavy atom. The van der Waals surface area contributed by atoms with Gasteiger partial charge in [0.05, 0.1) is 18.8 Å². The van der Waals surface area contributed by atoms with Gasteiger partial charge in [-0.25, -0.2) is 4.79 Å². The predicted molar refractivity (Wildman–Crippen MR) is 171 cm³/mol. The van der Waals surface area contributed by atoms with E-state index in [1.807, 2.05) is 66.7 Å². The molecule has 8 nitrogen and oxygen atoms in total. The van der Waals surface area contributed by atoms with Crippen LogP contribution in [0.4, 0.5) is 4.79 Å². The second kappa shape index (κ2) is 15.1. The van der Waals surface area contributed by atoms with Crippen molar-refractivity contribution in [2.75, 3.05) is 32.7 Å². The monoisotopic (exact) mass is 598 g/mol. The van der Waals surface area contributed by atoms with Crippen LogP contribution in [0.25, 0.3) is 0 Å². The van der Waals surface area contributed by atoms with Crippen LogP contribution in [-0.2, 0) is 29.2 Å². The van der Waals surface area contributed by atoms with Crippen LogP contribution in [-0.4, -0.2) is 65.8 Å². The average Bonchev–Trinajstić information content (AvgIpc) is 3.76. The van der Waals surface area contributed by atoms with Crippen LogP contribution in [0.1, 0.15) is 72.3 Å². The van der Waals surface area contributed by atoms with E-state index in [-0.39, 0.29) is 24.8 Å². The number of nitrogens with one attached hydrogen (secondary N) is 2. The summed E-state index contributed by atoms with van der Waals surface area (Å²) in [6, 6.07) is 26.5. The largest absolute Gasteiger partial charge is 0.392 e. The summed E-state index contributed by atoms with van der Waals surface area (Å²) in [5.74, 6) is 0. The standard InChI is InChI=1S/C36H46N4O4/c41-26-29-12-14-30(15-13-29)34-21-33(25-40-20-6-9-32(40)24-39-18-4-5-19-39)43-35(44-34)31-16-10-28(11-17-31)23-38-36(42)37-22-27-7-2-1-3-8-27/h1-3,7-8,10-17,32-35,41H,4-6,9,18-26H2,(H2,37,38,42)/t32-,33+,34-,35-/m0/s1. The molecular formula is C36H46N4O4. The Morgan fingerprint density at radius 2 is 1.41 bits per heavy atom. The zero-order chi connectivity index (χ0) is 30.1. The van der Waals surface area contributed by atoms with Gasteiger partial charge in [-0.15, -0.1) is 0 Å². The van der Waals surface area contributed by atoms with E-state index in [0.717, 1.165) is 47.3 Å². The number of benzene rings is 3. The molecule has 6 rings (SSSR count). The van der Waals surface area contributed by atoms with Crippen LogP contribution in [0.15, 0.2) is 78.9 Å². The lowest BCUT2D eigenvalue weighted by atomic mass is 9.99. The molecule has 3 aliphatic rings. The minimum atomic E-state index is -0.480. The van der Waals surface area contributed by atoms with Gasteiger partial charge in [0.15, 0.2) is 6.29 Å². The lowest BCUT2D eigenvalue weighted by Crippen LogP contribution is -2.45. The smallest absolute Gasteiger partial charge is 0.315 e. The molecule has 0 spiro atoms. The van der Waals surface area contributed by atoms with E-state index in [2.05, 4.69) is 32.6 Å². The summed E-state index contributed by atoms with van der Waals surface area (Å²) >= 11 is 0. The van der Waals surface area contributed by atoms with E-state index < -0.39 is 6.29 Å². The molecule has 234 valence electrons. The van der Waals surface area contributed by atoms with E-state index in [9.17, 15) is 9.90 Å². The number of rotatable bonds is 11. The van der Waals surface area contributed by atoms with E-state index >= 15 is 0 Å². The summed E-state index contributed by atoms with van der Waals surface area (Å²) in [5, 5.41) is 15.4. The maximum absolute atomic E-state index is 12.3. The molecule has 0 bridgehead atoms. The fraction of sp³-hybridized carbons (Fsp3) is 0.472. The molecule has 0 radical (unpaired) electrons. The van der Waals surface area contributed by atoms with Crippen molar-refractivity contribution in [3.8, 4) is 0 Å². The number of urea groups is 1. The topological polar surface area (TPSA) is 86.3 Å². The quantitative estimate of drug-likeness (QED) is 0.278. The van der Waals surface area contributed by atoms with Gasteiger partial charge in [-0.05, 0) is 67.6 Å². The van der Waals surface area contributed by atoms with Gasteiger partial charge in [-0.2, -0.15) is 0 Å². The van der Waals surface area contributed by atoms with Gasteiger partial charge in [-0.1, -0.05) is 78.9 Å². The van der Waals surface area contributed by atoms with Crippen molar-refractivity contribution >= 4 is 6.03 Å². The number of aliphatic hydroxyl groups excluding tert-OH is 1. The second-order valence-electron chi connectivity index (χ2n) is 12.4. The molecule has 3 aromatic carbocycles. The number of hydrogen-bond donors (Lipinski definition) is 3. The molecule has 3 aliphatic heterocycles. The summed E-state index contributed by atoms with van der Waals surface area (Å²) in [7, 11) is 0. The van der Waals surface area contributed by atoms with Crippen LogP contribution >= 0.6 is 0 Å².